The van der Waals surface area contributed by atoms with Crippen LogP contribution in [0.4, 0.5) is 0 Å². The summed E-state index contributed by atoms with van der Waals surface area (Å²) in [7, 11) is 1.44. The maximum atomic E-state index is 11.6. The van der Waals surface area contributed by atoms with Gasteiger partial charge < -0.3 is 4.74 Å². The Morgan fingerprint density at radius 3 is 2.09 bits per heavy atom. The number of carbonyl (C=O) groups excluding carboxylic acids is 2. The van der Waals surface area contributed by atoms with Gasteiger partial charge in [0.25, 0.3) is 0 Å². The van der Waals surface area contributed by atoms with Crippen LogP contribution in [0.1, 0.15) is 90.4 Å². The van der Waals surface area contributed by atoms with E-state index in [-0.39, 0.29) is 11.8 Å². The van der Waals surface area contributed by atoms with Crippen LogP contribution in [0.25, 0.3) is 0 Å². The van der Waals surface area contributed by atoms with Crippen LogP contribution in [0.3, 0.4) is 0 Å². The Bertz CT molecular complexity index is 308. The molecule has 3 nitrogen and oxygen atoms in total. The van der Waals surface area contributed by atoms with Crippen molar-refractivity contribution in [1.29, 1.82) is 0 Å². The second kappa shape index (κ2) is 16.3. The maximum Gasteiger partial charge on any atom is 0.305 e. The van der Waals surface area contributed by atoms with Gasteiger partial charge >= 0.3 is 5.97 Å². The molecule has 0 aromatic carbocycles. The first kappa shape index (κ1) is 20.9. The summed E-state index contributed by atoms with van der Waals surface area (Å²) in [6.45, 7) is 2.18. The largest absolute Gasteiger partial charge is 0.469 e. The summed E-state index contributed by atoms with van der Waals surface area (Å²) >= 11 is 0. The molecular formula is C19H34O3. The summed E-state index contributed by atoms with van der Waals surface area (Å²) in [6, 6.07) is 0. The summed E-state index contributed by atoms with van der Waals surface area (Å²) in [4.78, 5) is 22.5. The highest BCUT2D eigenvalue weighted by Gasteiger charge is 1.99. The highest BCUT2D eigenvalue weighted by molar-refractivity contribution is 5.89. The van der Waals surface area contributed by atoms with Crippen molar-refractivity contribution in [2.75, 3.05) is 7.11 Å². The van der Waals surface area contributed by atoms with Gasteiger partial charge in [0.1, 0.15) is 0 Å². The number of rotatable bonds is 15. The summed E-state index contributed by atoms with van der Waals surface area (Å²) in [5, 5.41) is 0. The molecule has 0 heterocycles. The van der Waals surface area contributed by atoms with Gasteiger partial charge in [0.2, 0.25) is 0 Å². The number of hydrogen-bond acceptors (Lipinski definition) is 3. The van der Waals surface area contributed by atoms with Gasteiger partial charge in [0, 0.05) is 12.8 Å². The van der Waals surface area contributed by atoms with E-state index in [0.717, 1.165) is 32.1 Å². The lowest BCUT2D eigenvalue weighted by atomic mass is 10.1. The van der Waals surface area contributed by atoms with Gasteiger partial charge in [0.05, 0.1) is 7.11 Å². The lowest BCUT2D eigenvalue weighted by Gasteiger charge is -2.00. The lowest BCUT2D eigenvalue weighted by Crippen LogP contribution is -1.99. The van der Waals surface area contributed by atoms with E-state index in [2.05, 4.69) is 11.7 Å². The Hall–Kier alpha value is -1.12. The maximum absolute atomic E-state index is 11.6. The highest BCUT2D eigenvalue weighted by atomic mass is 16.5. The molecule has 0 aliphatic carbocycles. The van der Waals surface area contributed by atoms with Crippen LogP contribution < -0.4 is 0 Å². The molecule has 0 radical (unpaired) electrons. The minimum atomic E-state index is -0.107. The van der Waals surface area contributed by atoms with Crippen molar-refractivity contribution in [2.45, 2.75) is 90.4 Å². The van der Waals surface area contributed by atoms with Crippen molar-refractivity contribution in [1.82, 2.24) is 0 Å². The molecule has 0 spiro atoms. The third-order valence-electron chi connectivity index (χ3n) is 3.81. The molecule has 0 rings (SSSR count). The topological polar surface area (TPSA) is 43.4 Å². The van der Waals surface area contributed by atoms with Crippen molar-refractivity contribution in [2.24, 2.45) is 0 Å². The Balaban J connectivity index is 3.29. The number of hydrogen-bond donors (Lipinski definition) is 0. The fourth-order valence-electron chi connectivity index (χ4n) is 2.36. The Kier molecular flexibility index (Phi) is 15.4. The molecule has 0 atom stereocenters. The Labute approximate surface area is 136 Å². The summed E-state index contributed by atoms with van der Waals surface area (Å²) in [5.41, 5.74) is 0. The third kappa shape index (κ3) is 15.3. The second-order valence-corrected chi connectivity index (χ2v) is 5.92. The molecular weight excluding hydrogens is 276 g/mol. The summed E-state index contributed by atoms with van der Waals surface area (Å²) < 4.78 is 4.60. The van der Waals surface area contributed by atoms with E-state index in [0.29, 0.717) is 12.8 Å². The molecule has 0 aliphatic rings. The van der Waals surface area contributed by atoms with Crippen LogP contribution in [0.15, 0.2) is 12.2 Å². The van der Waals surface area contributed by atoms with Crippen molar-refractivity contribution >= 4 is 11.8 Å². The molecule has 0 aromatic heterocycles. The van der Waals surface area contributed by atoms with Crippen molar-refractivity contribution < 1.29 is 14.3 Å². The molecule has 0 bridgehead atoms. The molecule has 0 saturated carbocycles. The number of methoxy groups -OCH3 is 1. The average Bonchev–Trinajstić information content (AvgIpc) is 2.53. The predicted octanol–water partition coefficient (Wildman–Crippen LogP) is 5.38. The number of ether oxygens (including phenoxy) is 1. The predicted molar refractivity (Wildman–Crippen MR) is 91.9 cm³/mol. The first-order valence-electron chi connectivity index (χ1n) is 8.97. The monoisotopic (exact) mass is 310 g/mol. The minimum absolute atomic E-state index is 0.107. The molecule has 0 aliphatic heterocycles. The van der Waals surface area contributed by atoms with Gasteiger partial charge in [-0.25, -0.2) is 0 Å². The zero-order chi connectivity index (χ0) is 16.5. The van der Waals surface area contributed by atoms with E-state index in [1.807, 2.05) is 6.08 Å². The van der Waals surface area contributed by atoms with Gasteiger partial charge in [-0.2, -0.15) is 0 Å². The first-order valence-corrected chi connectivity index (χ1v) is 8.97. The second-order valence-electron chi connectivity index (χ2n) is 5.92. The number of carbonyl (C=O) groups is 2. The molecule has 128 valence electrons. The fraction of sp³-hybridized carbons (Fsp3) is 0.789. The SMILES string of the molecule is CCCCCCC(=O)/C=C/CCCCCCCCC(=O)OC. The quantitative estimate of drug-likeness (QED) is 0.232. The van der Waals surface area contributed by atoms with Crippen molar-refractivity contribution in [3.05, 3.63) is 12.2 Å². The third-order valence-corrected chi connectivity index (χ3v) is 3.81. The standard InChI is InChI=1S/C19H34O3/c1-3-4-5-12-15-18(20)16-13-10-8-6-7-9-11-14-17-19(21)22-2/h13,16H,3-12,14-15,17H2,1-2H3/b16-13+. The van der Waals surface area contributed by atoms with Gasteiger partial charge in [-0.3, -0.25) is 9.59 Å². The van der Waals surface area contributed by atoms with E-state index in [1.54, 1.807) is 6.08 Å². The zero-order valence-electron chi connectivity index (χ0n) is 14.6. The summed E-state index contributed by atoms with van der Waals surface area (Å²) in [5.74, 6) is 0.170. The van der Waals surface area contributed by atoms with Crippen LogP contribution in [-0.4, -0.2) is 18.9 Å². The molecule has 0 saturated heterocycles. The molecule has 0 amide bonds. The van der Waals surface area contributed by atoms with E-state index >= 15 is 0 Å². The molecule has 22 heavy (non-hydrogen) atoms. The van der Waals surface area contributed by atoms with Crippen molar-refractivity contribution in [3.63, 3.8) is 0 Å². The first-order chi connectivity index (χ1) is 10.7. The van der Waals surface area contributed by atoms with Gasteiger partial charge in [-0.15, -0.1) is 0 Å². The minimum Gasteiger partial charge on any atom is -0.469 e. The zero-order valence-corrected chi connectivity index (χ0v) is 14.6. The normalized spacial score (nSPS) is 11.0. The van der Waals surface area contributed by atoms with E-state index in [4.69, 9.17) is 0 Å². The van der Waals surface area contributed by atoms with E-state index in [1.165, 1.54) is 45.6 Å². The van der Waals surface area contributed by atoms with Crippen LogP contribution >= 0.6 is 0 Å². The van der Waals surface area contributed by atoms with Crippen molar-refractivity contribution in [3.8, 4) is 0 Å². The smallest absolute Gasteiger partial charge is 0.305 e. The van der Waals surface area contributed by atoms with Gasteiger partial charge in [0.15, 0.2) is 5.78 Å². The van der Waals surface area contributed by atoms with Gasteiger partial charge in [-0.05, 0) is 31.8 Å². The number of unbranched alkanes of at least 4 members (excludes halogenated alkanes) is 9. The molecule has 3 heteroatoms. The van der Waals surface area contributed by atoms with Crippen LogP contribution in [0.5, 0.6) is 0 Å². The van der Waals surface area contributed by atoms with Crippen LogP contribution in [0, 0.1) is 0 Å². The molecule has 0 N–H and O–H groups in total. The fourth-order valence-corrected chi connectivity index (χ4v) is 2.36. The van der Waals surface area contributed by atoms with Crippen LogP contribution in [-0.2, 0) is 14.3 Å². The Morgan fingerprint density at radius 1 is 0.818 bits per heavy atom. The average molecular weight is 310 g/mol. The number of ketones is 1. The highest BCUT2D eigenvalue weighted by Crippen LogP contribution is 2.09. The van der Waals surface area contributed by atoms with E-state index in [9.17, 15) is 9.59 Å². The van der Waals surface area contributed by atoms with E-state index < -0.39 is 0 Å². The van der Waals surface area contributed by atoms with Crippen LogP contribution in [0.2, 0.25) is 0 Å². The molecule has 0 aromatic rings. The molecule has 0 fully saturated rings. The summed E-state index contributed by atoms with van der Waals surface area (Å²) in [6.07, 6.45) is 17.5. The molecule has 0 unspecified atom stereocenters. The Morgan fingerprint density at radius 2 is 1.41 bits per heavy atom. The van der Waals surface area contributed by atoms with Gasteiger partial charge in [-0.1, -0.05) is 57.9 Å². The number of allylic oxidation sites excluding steroid dienone is 2. The number of esters is 1. The lowest BCUT2D eigenvalue weighted by molar-refractivity contribution is -0.140.